The Kier molecular flexibility index (Phi) is 4.73. The van der Waals surface area contributed by atoms with Crippen molar-refractivity contribution < 1.29 is 8.78 Å². The van der Waals surface area contributed by atoms with Crippen molar-refractivity contribution in [3.8, 4) is 0 Å². The third-order valence-corrected chi connectivity index (χ3v) is 6.08. The van der Waals surface area contributed by atoms with Crippen LogP contribution in [0.2, 0.25) is 0 Å². The Morgan fingerprint density at radius 1 is 1.19 bits per heavy atom. The first-order valence-electron chi connectivity index (χ1n) is 8.84. The number of rotatable bonds is 3. The van der Waals surface area contributed by atoms with Crippen LogP contribution in [0.3, 0.4) is 0 Å². The molecule has 6 nitrogen and oxygen atoms in total. The zero-order chi connectivity index (χ0) is 19.1. The number of thioether (sulfide) groups is 1. The van der Waals surface area contributed by atoms with E-state index in [4.69, 9.17) is 11.5 Å². The highest BCUT2D eigenvalue weighted by atomic mass is 32.2. The highest BCUT2D eigenvalue weighted by Gasteiger charge is 2.35. The first kappa shape index (κ1) is 18.1. The molecule has 4 rings (SSSR count). The Labute approximate surface area is 160 Å². The molecule has 0 aliphatic carbocycles. The molecule has 2 aliphatic rings. The fraction of sp³-hybridized carbons (Fsp3) is 0.389. The van der Waals surface area contributed by atoms with E-state index in [2.05, 4.69) is 10.00 Å². The molecule has 0 spiro atoms. The van der Waals surface area contributed by atoms with E-state index in [1.54, 1.807) is 22.0 Å². The maximum Gasteiger partial charge on any atom is 0.150 e. The van der Waals surface area contributed by atoms with Crippen LogP contribution in [0, 0.1) is 11.6 Å². The SMILES string of the molecule is Cn1ncc(N2C=C(N)SC2c2c(F)cccc2F)c1N1CCC(N)CC1. The van der Waals surface area contributed by atoms with E-state index >= 15 is 0 Å². The van der Waals surface area contributed by atoms with Crippen molar-refractivity contribution in [3.05, 3.63) is 52.8 Å². The van der Waals surface area contributed by atoms with E-state index in [9.17, 15) is 8.78 Å². The number of hydrogen-bond donors (Lipinski definition) is 2. The van der Waals surface area contributed by atoms with Gasteiger partial charge in [-0.25, -0.2) is 8.78 Å². The van der Waals surface area contributed by atoms with Gasteiger partial charge in [0, 0.05) is 32.4 Å². The molecule has 2 aliphatic heterocycles. The number of nitrogens with zero attached hydrogens (tertiary/aromatic N) is 4. The monoisotopic (exact) mass is 392 g/mol. The van der Waals surface area contributed by atoms with Crippen LogP contribution >= 0.6 is 11.8 Å². The first-order chi connectivity index (χ1) is 13.0. The van der Waals surface area contributed by atoms with Crippen molar-refractivity contribution >= 4 is 23.3 Å². The molecule has 0 bridgehead atoms. The molecule has 0 radical (unpaired) electrons. The maximum absolute atomic E-state index is 14.4. The summed E-state index contributed by atoms with van der Waals surface area (Å²) >= 11 is 1.22. The number of nitrogens with two attached hydrogens (primary N) is 2. The van der Waals surface area contributed by atoms with Gasteiger partial charge in [-0.1, -0.05) is 17.8 Å². The Balaban J connectivity index is 1.74. The van der Waals surface area contributed by atoms with Crippen molar-refractivity contribution in [1.29, 1.82) is 0 Å². The molecule has 4 N–H and O–H groups in total. The van der Waals surface area contributed by atoms with Crippen molar-refractivity contribution in [2.24, 2.45) is 18.5 Å². The second-order valence-electron chi connectivity index (χ2n) is 6.85. The average molecular weight is 392 g/mol. The summed E-state index contributed by atoms with van der Waals surface area (Å²) in [4.78, 5) is 4.02. The summed E-state index contributed by atoms with van der Waals surface area (Å²) in [6.45, 7) is 1.62. The fourth-order valence-electron chi connectivity index (χ4n) is 3.64. The van der Waals surface area contributed by atoms with Crippen LogP contribution in [0.25, 0.3) is 0 Å². The molecule has 0 amide bonds. The summed E-state index contributed by atoms with van der Waals surface area (Å²) in [5.41, 5.74) is 12.8. The van der Waals surface area contributed by atoms with Gasteiger partial charge in [0.15, 0.2) is 5.82 Å². The quantitative estimate of drug-likeness (QED) is 0.836. The van der Waals surface area contributed by atoms with Gasteiger partial charge in [0.05, 0.1) is 16.8 Å². The number of hydrogen-bond acceptors (Lipinski definition) is 6. The van der Waals surface area contributed by atoms with Crippen LogP contribution in [0.5, 0.6) is 0 Å². The largest absolute Gasteiger partial charge is 0.392 e. The molecule has 0 saturated carbocycles. The lowest BCUT2D eigenvalue weighted by Gasteiger charge is -2.34. The van der Waals surface area contributed by atoms with Crippen molar-refractivity contribution in [2.45, 2.75) is 24.3 Å². The van der Waals surface area contributed by atoms with Crippen molar-refractivity contribution in [2.75, 3.05) is 22.9 Å². The molecule has 1 aromatic carbocycles. The first-order valence-corrected chi connectivity index (χ1v) is 9.72. The van der Waals surface area contributed by atoms with Gasteiger partial charge in [-0.05, 0) is 25.0 Å². The standard InChI is InChI=1S/C18H22F2N6S/c1-24-17(25-7-5-11(21)6-8-25)14(9-23-24)26-10-15(22)27-18(26)16-12(19)3-2-4-13(16)20/h2-4,9-11,18H,5-8,21-22H2,1H3. The Morgan fingerprint density at radius 3 is 2.52 bits per heavy atom. The zero-order valence-corrected chi connectivity index (χ0v) is 15.8. The van der Waals surface area contributed by atoms with Gasteiger partial charge in [-0.3, -0.25) is 4.68 Å². The lowest BCUT2D eigenvalue weighted by Crippen LogP contribution is -2.41. The molecular weight excluding hydrogens is 370 g/mol. The Morgan fingerprint density at radius 2 is 1.85 bits per heavy atom. The second-order valence-corrected chi connectivity index (χ2v) is 8.00. The molecular formula is C18H22F2N6S. The topological polar surface area (TPSA) is 76.3 Å². The van der Waals surface area contributed by atoms with E-state index in [1.807, 2.05) is 7.05 Å². The lowest BCUT2D eigenvalue weighted by molar-refractivity contribution is 0.493. The summed E-state index contributed by atoms with van der Waals surface area (Å²) in [6, 6.07) is 4.10. The minimum atomic E-state index is -0.624. The van der Waals surface area contributed by atoms with E-state index in [0.29, 0.717) is 5.03 Å². The van der Waals surface area contributed by atoms with Gasteiger partial charge in [0.25, 0.3) is 0 Å². The summed E-state index contributed by atoms with van der Waals surface area (Å²) in [5, 5.41) is 4.26. The molecule has 1 unspecified atom stereocenters. The summed E-state index contributed by atoms with van der Waals surface area (Å²) in [5.74, 6) is -0.278. The van der Waals surface area contributed by atoms with Gasteiger partial charge in [0.1, 0.15) is 22.7 Å². The molecule has 27 heavy (non-hydrogen) atoms. The van der Waals surface area contributed by atoms with Gasteiger partial charge < -0.3 is 21.3 Å². The highest BCUT2D eigenvalue weighted by Crippen LogP contribution is 2.48. The summed E-state index contributed by atoms with van der Waals surface area (Å²) < 4.78 is 30.7. The number of halogens is 2. The molecule has 1 saturated heterocycles. The predicted molar refractivity (Wildman–Crippen MR) is 104 cm³/mol. The summed E-state index contributed by atoms with van der Waals surface area (Å²) in [6.07, 6.45) is 5.22. The highest BCUT2D eigenvalue weighted by molar-refractivity contribution is 8.03. The van der Waals surface area contributed by atoms with Gasteiger partial charge in [-0.2, -0.15) is 5.10 Å². The van der Waals surface area contributed by atoms with E-state index in [-0.39, 0.29) is 11.6 Å². The van der Waals surface area contributed by atoms with Crippen LogP contribution in [-0.4, -0.2) is 28.9 Å². The van der Waals surface area contributed by atoms with E-state index in [0.717, 1.165) is 37.4 Å². The molecule has 144 valence electrons. The maximum atomic E-state index is 14.4. The van der Waals surface area contributed by atoms with E-state index in [1.165, 1.54) is 30.0 Å². The minimum absolute atomic E-state index is 0.00494. The number of anilines is 2. The number of benzene rings is 1. The molecule has 1 fully saturated rings. The average Bonchev–Trinajstić information content (AvgIpc) is 3.18. The van der Waals surface area contributed by atoms with Crippen LogP contribution < -0.4 is 21.3 Å². The van der Waals surface area contributed by atoms with Gasteiger partial charge in [0.2, 0.25) is 0 Å². The summed E-state index contributed by atoms with van der Waals surface area (Å²) in [7, 11) is 1.86. The van der Waals surface area contributed by atoms with Gasteiger partial charge >= 0.3 is 0 Å². The van der Waals surface area contributed by atoms with Gasteiger partial charge in [-0.15, -0.1) is 0 Å². The normalized spacial score (nSPS) is 21.0. The van der Waals surface area contributed by atoms with Crippen LogP contribution in [0.15, 0.2) is 35.6 Å². The third-order valence-electron chi connectivity index (χ3n) is 5.02. The predicted octanol–water partition coefficient (Wildman–Crippen LogP) is 2.64. The van der Waals surface area contributed by atoms with Crippen LogP contribution in [0.4, 0.5) is 20.3 Å². The molecule has 1 aromatic heterocycles. The Bertz CT molecular complexity index is 854. The fourth-order valence-corrected chi connectivity index (χ4v) is 4.70. The zero-order valence-electron chi connectivity index (χ0n) is 15.0. The van der Waals surface area contributed by atoms with Crippen LogP contribution in [-0.2, 0) is 7.05 Å². The van der Waals surface area contributed by atoms with Crippen molar-refractivity contribution in [3.63, 3.8) is 0 Å². The minimum Gasteiger partial charge on any atom is -0.392 e. The number of aromatic nitrogens is 2. The van der Waals surface area contributed by atoms with Crippen molar-refractivity contribution in [1.82, 2.24) is 9.78 Å². The lowest BCUT2D eigenvalue weighted by atomic mass is 10.1. The smallest absolute Gasteiger partial charge is 0.150 e. The van der Waals surface area contributed by atoms with E-state index < -0.39 is 17.0 Å². The molecule has 9 heteroatoms. The van der Waals surface area contributed by atoms with Crippen LogP contribution in [0.1, 0.15) is 23.8 Å². The third kappa shape index (κ3) is 3.25. The molecule has 3 heterocycles. The Hall–Kier alpha value is -2.26. The molecule has 1 atom stereocenters. The number of aryl methyl sites for hydroxylation is 1. The molecule has 2 aromatic rings. The number of piperidine rings is 1. The second kappa shape index (κ2) is 7.05.